The molecule has 0 aromatic carbocycles. The van der Waals surface area contributed by atoms with E-state index in [9.17, 15) is 0 Å². The van der Waals surface area contributed by atoms with Crippen LogP contribution in [0.2, 0.25) is 5.15 Å². The van der Waals surface area contributed by atoms with Crippen molar-refractivity contribution in [3.05, 3.63) is 17.2 Å². The Kier molecular flexibility index (Phi) is 5.07. The maximum absolute atomic E-state index is 5.96. The molecular weight excluding hydrogens is 246 g/mol. The van der Waals surface area contributed by atoms with Crippen LogP contribution in [0.3, 0.4) is 0 Å². The molecule has 0 spiro atoms. The van der Waals surface area contributed by atoms with Crippen LogP contribution in [-0.4, -0.2) is 16.1 Å². The van der Waals surface area contributed by atoms with Crippen LogP contribution in [-0.2, 0) is 13.6 Å². The van der Waals surface area contributed by atoms with Crippen LogP contribution in [0.1, 0.15) is 44.9 Å². The summed E-state index contributed by atoms with van der Waals surface area (Å²) in [5.74, 6) is 2.85. The van der Waals surface area contributed by atoms with Crippen molar-refractivity contribution in [3.63, 3.8) is 0 Å². The first-order valence-corrected chi connectivity index (χ1v) is 7.45. The summed E-state index contributed by atoms with van der Waals surface area (Å²) in [6.07, 6.45) is 8.66. The fourth-order valence-electron chi connectivity index (χ4n) is 2.82. The van der Waals surface area contributed by atoms with Gasteiger partial charge in [-0.1, -0.05) is 37.8 Å². The van der Waals surface area contributed by atoms with Gasteiger partial charge in [-0.05, 0) is 31.2 Å². The van der Waals surface area contributed by atoms with Crippen molar-refractivity contribution >= 4 is 11.6 Å². The summed E-state index contributed by atoms with van der Waals surface area (Å²) in [5, 5.41) is 4.22. The van der Waals surface area contributed by atoms with Crippen molar-refractivity contribution < 1.29 is 0 Å². The predicted octanol–water partition coefficient (Wildman–Crippen LogP) is 3.38. The molecule has 1 aromatic rings. The minimum Gasteiger partial charge on any atom is -0.321 e. The van der Waals surface area contributed by atoms with Crippen LogP contribution in [0.15, 0.2) is 6.20 Å². The summed E-state index contributed by atoms with van der Waals surface area (Å²) in [6.45, 7) is 4.24. The Morgan fingerprint density at radius 2 is 2.00 bits per heavy atom. The summed E-state index contributed by atoms with van der Waals surface area (Å²) in [4.78, 5) is 4.29. The molecule has 1 aliphatic carbocycles. The van der Waals surface area contributed by atoms with E-state index in [0.29, 0.717) is 5.15 Å². The Bertz CT molecular complexity index is 367. The first kappa shape index (κ1) is 13.9. The first-order chi connectivity index (χ1) is 8.70. The molecule has 0 saturated heterocycles. The van der Waals surface area contributed by atoms with E-state index in [1.807, 2.05) is 11.6 Å². The van der Waals surface area contributed by atoms with Gasteiger partial charge in [-0.3, -0.25) is 0 Å². The third-order valence-electron chi connectivity index (χ3n) is 4.29. The quantitative estimate of drug-likeness (QED) is 0.888. The lowest BCUT2D eigenvalue weighted by molar-refractivity contribution is 0.262. The number of hydrogen-bond acceptors (Lipinski definition) is 2. The fraction of sp³-hybridized carbons (Fsp3) is 0.786. The largest absolute Gasteiger partial charge is 0.321 e. The fourth-order valence-corrected chi connectivity index (χ4v) is 2.97. The van der Waals surface area contributed by atoms with Crippen molar-refractivity contribution in [1.29, 1.82) is 0 Å². The van der Waals surface area contributed by atoms with Crippen molar-refractivity contribution in [2.75, 3.05) is 6.54 Å². The molecule has 102 valence electrons. The molecule has 0 bridgehead atoms. The molecule has 1 aromatic heterocycles. The van der Waals surface area contributed by atoms with Crippen molar-refractivity contribution in [2.24, 2.45) is 18.9 Å². The number of aromatic nitrogens is 2. The van der Waals surface area contributed by atoms with E-state index in [2.05, 4.69) is 17.2 Å². The van der Waals surface area contributed by atoms with Crippen LogP contribution in [0.5, 0.6) is 0 Å². The minimum absolute atomic E-state index is 0.704. The van der Waals surface area contributed by atoms with Gasteiger partial charge < -0.3 is 9.88 Å². The van der Waals surface area contributed by atoms with E-state index < -0.39 is 0 Å². The van der Waals surface area contributed by atoms with Gasteiger partial charge in [0.1, 0.15) is 11.0 Å². The summed E-state index contributed by atoms with van der Waals surface area (Å²) in [7, 11) is 1.96. The second kappa shape index (κ2) is 6.58. The first-order valence-electron chi connectivity index (χ1n) is 7.07. The van der Waals surface area contributed by atoms with Gasteiger partial charge in [0.2, 0.25) is 0 Å². The standard InChI is InChI=1S/C14H24ClN3/c1-3-11-4-6-12(7-5-11)8-16-10-14-17-9-13(15)18(14)2/h9,11-12,16H,3-8,10H2,1-2H3. The van der Waals surface area contributed by atoms with Gasteiger partial charge in [0.05, 0.1) is 12.7 Å². The normalized spacial score (nSPS) is 24.4. The second-order valence-corrected chi connectivity index (χ2v) is 5.87. The number of rotatable bonds is 5. The SMILES string of the molecule is CCC1CCC(CNCc2ncc(Cl)n2C)CC1. The predicted molar refractivity (Wildman–Crippen MR) is 75.7 cm³/mol. The Hall–Kier alpha value is -0.540. The molecule has 0 atom stereocenters. The molecule has 0 radical (unpaired) electrons. The van der Waals surface area contributed by atoms with Gasteiger partial charge in [-0.25, -0.2) is 4.98 Å². The smallest absolute Gasteiger partial charge is 0.128 e. The zero-order chi connectivity index (χ0) is 13.0. The molecule has 1 heterocycles. The lowest BCUT2D eigenvalue weighted by atomic mass is 9.81. The van der Waals surface area contributed by atoms with Crippen LogP contribution in [0.4, 0.5) is 0 Å². The molecule has 1 aliphatic rings. The van der Waals surface area contributed by atoms with E-state index in [0.717, 1.165) is 30.7 Å². The highest BCUT2D eigenvalue weighted by Gasteiger charge is 2.19. The van der Waals surface area contributed by atoms with Gasteiger partial charge in [0.15, 0.2) is 0 Å². The van der Waals surface area contributed by atoms with Crippen molar-refractivity contribution in [1.82, 2.24) is 14.9 Å². The minimum atomic E-state index is 0.704. The zero-order valence-electron chi connectivity index (χ0n) is 11.5. The molecule has 3 nitrogen and oxygen atoms in total. The maximum Gasteiger partial charge on any atom is 0.128 e. The summed E-state index contributed by atoms with van der Waals surface area (Å²) in [5.41, 5.74) is 0. The monoisotopic (exact) mass is 269 g/mol. The number of nitrogens with zero attached hydrogens (tertiary/aromatic N) is 2. The van der Waals surface area contributed by atoms with Crippen LogP contribution in [0, 0.1) is 11.8 Å². The Morgan fingerprint density at radius 3 is 2.56 bits per heavy atom. The van der Waals surface area contributed by atoms with Gasteiger partial charge in [0, 0.05) is 7.05 Å². The maximum atomic E-state index is 5.96. The molecular formula is C14H24ClN3. The van der Waals surface area contributed by atoms with Gasteiger partial charge in [-0.15, -0.1) is 0 Å². The van der Waals surface area contributed by atoms with E-state index in [1.165, 1.54) is 32.1 Å². The number of imidazole rings is 1. The van der Waals surface area contributed by atoms with Gasteiger partial charge >= 0.3 is 0 Å². The molecule has 1 fully saturated rings. The molecule has 2 rings (SSSR count). The average molecular weight is 270 g/mol. The second-order valence-electron chi connectivity index (χ2n) is 5.48. The highest BCUT2D eigenvalue weighted by Crippen LogP contribution is 2.30. The van der Waals surface area contributed by atoms with E-state index >= 15 is 0 Å². The van der Waals surface area contributed by atoms with Crippen LogP contribution in [0.25, 0.3) is 0 Å². The van der Waals surface area contributed by atoms with Crippen LogP contribution >= 0.6 is 11.6 Å². The third kappa shape index (κ3) is 3.48. The highest BCUT2D eigenvalue weighted by atomic mass is 35.5. The summed E-state index contributed by atoms with van der Waals surface area (Å²) >= 11 is 5.96. The number of halogens is 1. The molecule has 0 amide bonds. The average Bonchev–Trinajstić information content (AvgIpc) is 2.71. The topological polar surface area (TPSA) is 29.9 Å². The lowest BCUT2D eigenvalue weighted by Crippen LogP contribution is -2.27. The Labute approximate surface area is 115 Å². The zero-order valence-corrected chi connectivity index (χ0v) is 12.2. The van der Waals surface area contributed by atoms with E-state index in [-0.39, 0.29) is 0 Å². The number of hydrogen-bond donors (Lipinski definition) is 1. The summed E-state index contributed by atoms with van der Waals surface area (Å²) in [6, 6.07) is 0. The molecule has 4 heteroatoms. The van der Waals surface area contributed by atoms with Gasteiger partial charge in [-0.2, -0.15) is 0 Å². The van der Waals surface area contributed by atoms with E-state index in [4.69, 9.17) is 11.6 Å². The molecule has 18 heavy (non-hydrogen) atoms. The lowest BCUT2D eigenvalue weighted by Gasteiger charge is -2.27. The molecule has 1 N–H and O–H groups in total. The van der Waals surface area contributed by atoms with E-state index in [1.54, 1.807) is 6.20 Å². The summed E-state index contributed by atoms with van der Waals surface area (Å²) < 4.78 is 1.93. The van der Waals surface area contributed by atoms with Crippen molar-refractivity contribution in [3.8, 4) is 0 Å². The highest BCUT2D eigenvalue weighted by molar-refractivity contribution is 6.29. The Balaban J connectivity index is 1.68. The van der Waals surface area contributed by atoms with Gasteiger partial charge in [0.25, 0.3) is 0 Å². The van der Waals surface area contributed by atoms with Crippen molar-refractivity contribution in [2.45, 2.75) is 45.6 Å². The molecule has 0 aliphatic heterocycles. The molecule has 0 unspecified atom stereocenters. The van der Waals surface area contributed by atoms with Crippen LogP contribution < -0.4 is 5.32 Å². The third-order valence-corrected chi connectivity index (χ3v) is 4.64. The molecule has 1 saturated carbocycles. The number of nitrogens with one attached hydrogen (secondary N) is 1. The Morgan fingerprint density at radius 1 is 1.33 bits per heavy atom.